The van der Waals surface area contributed by atoms with Crippen LogP contribution in [0.3, 0.4) is 0 Å². The molecular weight excluding hydrogens is 308 g/mol. The molecule has 1 aliphatic carbocycles. The summed E-state index contributed by atoms with van der Waals surface area (Å²) in [6.07, 6.45) is 4.88. The van der Waals surface area contributed by atoms with E-state index in [4.69, 9.17) is 21.1 Å². The van der Waals surface area contributed by atoms with Gasteiger partial charge in [0.05, 0.1) is 11.6 Å². The topological polar surface area (TPSA) is 79.1 Å². The summed E-state index contributed by atoms with van der Waals surface area (Å²) >= 11 is 6.06. The monoisotopic (exact) mass is 320 g/mol. The molecule has 7 nitrogen and oxygen atoms in total. The van der Waals surface area contributed by atoms with Crippen molar-refractivity contribution >= 4 is 28.9 Å². The Balaban J connectivity index is 1.83. The van der Waals surface area contributed by atoms with Crippen LogP contribution in [0.1, 0.15) is 19.9 Å². The third-order valence-corrected chi connectivity index (χ3v) is 4.22. The van der Waals surface area contributed by atoms with Gasteiger partial charge in [-0.05, 0) is 19.9 Å². The molecule has 2 aliphatic rings. The number of fused-ring (bicyclic) bond motifs is 2. The minimum absolute atomic E-state index is 0.282. The lowest BCUT2D eigenvalue weighted by atomic mass is 10.1. The number of rotatable bonds is 2. The highest BCUT2D eigenvalue weighted by Crippen LogP contribution is 2.43. The Kier molecular flexibility index (Phi) is 2.87. The van der Waals surface area contributed by atoms with Gasteiger partial charge >= 0.3 is 0 Å². The lowest BCUT2D eigenvalue weighted by Crippen LogP contribution is -2.28. The highest BCUT2D eigenvalue weighted by molar-refractivity contribution is 6.33. The zero-order valence-corrected chi connectivity index (χ0v) is 12.7. The summed E-state index contributed by atoms with van der Waals surface area (Å²) in [5, 5.41) is 5.35. The van der Waals surface area contributed by atoms with Gasteiger partial charge in [-0.3, -0.25) is 4.79 Å². The normalized spacial score (nSPS) is 29.6. The first-order valence-electron chi connectivity index (χ1n) is 6.86. The average molecular weight is 321 g/mol. The van der Waals surface area contributed by atoms with Crippen molar-refractivity contribution in [1.29, 1.82) is 0 Å². The van der Waals surface area contributed by atoms with Crippen molar-refractivity contribution in [2.75, 3.05) is 0 Å². The fourth-order valence-corrected chi connectivity index (χ4v) is 3.23. The molecule has 0 unspecified atom stereocenters. The summed E-state index contributed by atoms with van der Waals surface area (Å²) in [5.74, 6) is -0.744. The van der Waals surface area contributed by atoms with Crippen molar-refractivity contribution in [1.82, 2.24) is 19.7 Å². The van der Waals surface area contributed by atoms with Crippen molar-refractivity contribution in [3.05, 3.63) is 29.3 Å². The molecule has 0 radical (unpaired) electrons. The third kappa shape index (κ3) is 1.89. The molecular formula is C14H13ClN4O3. The third-order valence-electron chi connectivity index (χ3n) is 3.92. The minimum Gasteiger partial charge on any atom is -0.342 e. The fourth-order valence-electron chi connectivity index (χ4n) is 3.05. The fraction of sp³-hybridized carbons (Fsp3) is 0.429. The van der Waals surface area contributed by atoms with E-state index in [1.54, 1.807) is 17.0 Å². The molecule has 0 bridgehead atoms. The van der Waals surface area contributed by atoms with Crippen LogP contribution in [0, 0.1) is 0 Å². The smallest absolute Gasteiger partial charge is 0.164 e. The van der Waals surface area contributed by atoms with Crippen molar-refractivity contribution in [3.8, 4) is 0 Å². The molecule has 1 fully saturated rings. The summed E-state index contributed by atoms with van der Waals surface area (Å²) in [6, 6.07) is -0.282. The van der Waals surface area contributed by atoms with Crippen LogP contribution >= 0.6 is 11.6 Å². The van der Waals surface area contributed by atoms with E-state index < -0.39 is 11.9 Å². The van der Waals surface area contributed by atoms with E-state index in [1.807, 2.05) is 13.8 Å². The molecule has 2 aromatic rings. The highest BCUT2D eigenvalue weighted by atomic mass is 35.5. The van der Waals surface area contributed by atoms with E-state index in [-0.39, 0.29) is 12.1 Å². The highest BCUT2D eigenvalue weighted by Gasteiger charge is 2.51. The van der Waals surface area contributed by atoms with Crippen LogP contribution in [-0.4, -0.2) is 44.0 Å². The largest absolute Gasteiger partial charge is 0.342 e. The minimum atomic E-state index is -0.744. The second-order valence-corrected chi connectivity index (χ2v) is 6.14. The zero-order chi connectivity index (χ0) is 15.5. The molecule has 22 heavy (non-hydrogen) atoms. The van der Waals surface area contributed by atoms with Crippen molar-refractivity contribution in [2.24, 2.45) is 0 Å². The van der Waals surface area contributed by atoms with Crippen LogP contribution in [0.15, 0.2) is 24.2 Å². The molecule has 114 valence electrons. The quantitative estimate of drug-likeness (QED) is 0.619. The number of carbonyl (C=O) groups is 1. The van der Waals surface area contributed by atoms with Gasteiger partial charge in [0, 0.05) is 5.57 Å². The van der Waals surface area contributed by atoms with Gasteiger partial charge in [-0.1, -0.05) is 11.6 Å². The molecule has 4 rings (SSSR count). The van der Waals surface area contributed by atoms with E-state index in [9.17, 15) is 4.79 Å². The summed E-state index contributed by atoms with van der Waals surface area (Å²) in [5.41, 5.74) is 1.16. The number of nitrogens with zero attached hydrogens (tertiary/aromatic N) is 4. The van der Waals surface area contributed by atoms with Gasteiger partial charge in [-0.25, -0.2) is 14.6 Å². The van der Waals surface area contributed by atoms with E-state index in [2.05, 4.69) is 15.1 Å². The van der Waals surface area contributed by atoms with Gasteiger partial charge in [-0.2, -0.15) is 5.10 Å². The summed E-state index contributed by atoms with van der Waals surface area (Å²) in [7, 11) is 0. The van der Waals surface area contributed by atoms with E-state index in [1.165, 1.54) is 6.33 Å². The molecule has 2 aromatic heterocycles. The Morgan fingerprint density at radius 3 is 2.95 bits per heavy atom. The number of aromatic nitrogens is 4. The maximum atomic E-state index is 11.3. The lowest BCUT2D eigenvalue weighted by molar-refractivity contribution is -0.148. The standard InChI is InChI=1S/C14H13ClN4O3/c1-14(2)21-10-7(5-20)3-9(11(10)22-14)19-13-8(4-18-19)12(15)16-6-17-13/h3-6,9-11H,1-2H3/t9-,10-,11+/m1/s1. The van der Waals surface area contributed by atoms with E-state index in [0.717, 1.165) is 6.29 Å². The molecule has 3 atom stereocenters. The van der Waals surface area contributed by atoms with Gasteiger partial charge < -0.3 is 9.47 Å². The first-order valence-corrected chi connectivity index (χ1v) is 7.24. The van der Waals surface area contributed by atoms with Crippen LogP contribution < -0.4 is 0 Å². The molecule has 1 aliphatic heterocycles. The maximum Gasteiger partial charge on any atom is 0.164 e. The Morgan fingerprint density at radius 2 is 2.18 bits per heavy atom. The van der Waals surface area contributed by atoms with Crippen LogP contribution in [-0.2, 0) is 14.3 Å². The van der Waals surface area contributed by atoms with E-state index >= 15 is 0 Å². The molecule has 0 spiro atoms. The van der Waals surface area contributed by atoms with Gasteiger partial charge in [0.25, 0.3) is 0 Å². The van der Waals surface area contributed by atoms with Gasteiger partial charge in [0.2, 0.25) is 0 Å². The first-order chi connectivity index (χ1) is 10.5. The second-order valence-electron chi connectivity index (χ2n) is 5.79. The number of ether oxygens (including phenoxy) is 2. The lowest BCUT2D eigenvalue weighted by Gasteiger charge is -2.21. The molecule has 0 N–H and O–H groups in total. The Morgan fingerprint density at radius 1 is 1.36 bits per heavy atom. The van der Waals surface area contributed by atoms with Gasteiger partial charge in [0.15, 0.2) is 11.4 Å². The summed E-state index contributed by atoms with van der Waals surface area (Å²) in [4.78, 5) is 19.5. The number of halogens is 1. The number of hydrogen-bond donors (Lipinski definition) is 0. The first kappa shape index (κ1) is 13.8. The maximum absolute atomic E-state index is 11.3. The Labute approximate surface area is 130 Å². The van der Waals surface area contributed by atoms with Crippen molar-refractivity contribution in [2.45, 2.75) is 37.9 Å². The molecule has 0 saturated carbocycles. The van der Waals surface area contributed by atoms with Crippen LogP contribution in [0.25, 0.3) is 11.0 Å². The average Bonchev–Trinajstić information content (AvgIpc) is 3.10. The number of carbonyl (C=O) groups excluding carboxylic acids is 1. The molecule has 0 amide bonds. The molecule has 8 heteroatoms. The number of hydrogen-bond acceptors (Lipinski definition) is 6. The predicted molar refractivity (Wildman–Crippen MR) is 77.3 cm³/mol. The van der Waals surface area contributed by atoms with Crippen LogP contribution in [0.5, 0.6) is 0 Å². The van der Waals surface area contributed by atoms with Crippen LogP contribution in [0.4, 0.5) is 0 Å². The van der Waals surface area contributed by atoms with Crippen LogP contribution in [0.2, 0.25) is 5.15 Å². The van der Waals surface area contributed by atoms with Gasteiger partial charge in [-0.15, -0.1) is 0 Å². The SMILES string of the molecule is CC1(C)O[C@@H]2[C@H](O1)C(C=O)=C[C@H]2n1ncc2c(Cl)ncnc21. The van der Waals surface area contributed by atoms with E-state index in [0.29, 0.717) is 21.8 Å². The second kappa shape index (κ2) is 4.58. The van der Waals surface area contributed by atoms with Crippen molar-refractivity contribution in [3.63, 3.8) is 0 Å². The summed E-state index contributed by atoms with van der Waals surface area (Å²) in [6.45, 7) is 3.65. The Hall–Kier alpha value is -1.83. The number of aldehydes is 1. The van der Waals surface area contributed by atoms with Crippen molar-refractivity contribution < 1.29 is 14.3 Å². The predicted octanol–water partition coefficient (Wildman–Crippen LogP) is 1.68. The zero-order valence-electron chi connectivity index (χ0n) is 11.9. The van der Waals surface area contributed by atoms with Gasteiger partial charge in [0.1, 0.15) is 36.0 Å². The Bertz CT molecular complexity index is 800. The molecule has 0 aromatic carbocycles. The molecule has 1 saturated heterocycles. The summed E-state index contributed by atoms with van der Waals surface area (Å²) < 4.78 is 13.5. The molecule has 3 heterocycles.